The predicted octanol–water partition coefficient (Wildman–Crippen LogP) is 3.86. The van der Waals surface area contributed by atoms with Gasteiger partial charge in [-0.3, -0.25) is 4.79 Å². The minimum Gasteiger partial charge on any atom is -0.481 e. The molecule has 0 amide bonds. The van der Waals surface area contributed by atoms with Crippen molar-refractivity contribution < 1.29 is 9.90 Å². The number of halogens is 1. The molecule has 3 nitrogen and oxygen atoms in total. The molecular formula is C15H30ClNO2. The molecular weight excluding hydrogens is 262 g/mol. The van der Waals surface area contributed by atoms with E-state index in [1.54, 1.807) is 0 Å². The molecule has 0 radical (unpaired) electrons. The van der Waals surface area contributed by atoms with E-state index in [0.717, 1.165) is 38.8 Å². The third kappa shape index (κ3) is 8.48. The molecule has 1 aliphatic carbocycles. The summed E-state index contributed by atoms with van der Waals surface area (Å²) in [4.78, 5) is 10.8. The molecule has 2 N–H and O–H groups in total. The number of aliphatic carboxylic acids is 1. The number of rotatable bonds is 9. The molecule has 0 bridgehead atoms. The first-order valence-corrected chi connectivity index (χ1v) is 7.67. The molecule has 19 heavy (non-hydrogen) atoms. The summed E-state index contributed by atoms with van der Waals surface area (Å²) in [5.74, 6) is 0.0314. The largest absolute Gasteiger partial charge is 0.481 e. The highest BCUT2D eigenvalue weighted by molar-refractivity contribution is 5.85. The van der Waals surface area contributed by atoms with Gasteiger partial charge in [-0.05, 0) is 51.1 Å². The summed E-state index contributed by atoms with van der Waals surface area (Å²) in [6, 6.07) is 0. The number of hydrogen-bond donors (Lipinski definition) is 2. The zero-order chi connectivity index (χ0) is 13.2. The van der Waals surface area contributed by atoms with Crippen LogP contribution in [0.5, 0.6) is 0 Å². The number of unbranched alkanes of at least 4 members (excludes halogenated alkanes) is 4. The maximum Gasteiger partial charge on any atom is 0.306 e. The fourth-order valence-electron chi connectivity index (χ4n) is 2.77. The Morgan fingerprint density at radius 3 is 2.32 bits per heavy atom. The van der Waals surface area contributed by atoms with Gasteiger partial charge in [0.05, 0.1) is 5.92 Å². The lowest BCUT2D eigenvalue weighted by atomic mass is 9.82. The van der Waals surface area contributed by atoms with Crippen LogP contribution in [0.25, 0.3) is 0 Å². The third-order valence-corrected chi connectivity index (χ3v) is 4.09. The lowest BCUT2D eigenvalue weighted by Gasteiger charge is -2.26. The van der Waals surface area contributed by atoms with Crippen molar-refractivity contribution in [2.24, 2.45) is 11.8 Å². The fourth-order valence-corrected chi connectivity index (χ4v) is 2.77. The van der Waals surface area contributed by atoms with Crippen molar-refractivity contribution in [2.75, 3.05) is 13.1 Å². The summed E-state index contributed by atoms with van der Waals surface area (Å²) in [6.07, 6.45) is 10.6. The second-order valence-corrected chi connectivity index (χ2v) is 5.67. The van der Waals surface area contributed by atoms with Crippen LogP contribution in [0.2, 0.25) is 0 Å². The molecule has 0 aromatic heterocycles. The molecule has 114 valence electrons. The summed E-state index contributed by atoms with van der Waals surface area (Å²) in [5.41, 5.74) is 0. The number of hydrogen-bond acceptors (Lipinski definition) is 2. The molecule has 1 aliphatic rings. The van der Waals surface area contributed by atoms with Crippen LogP contribution in [0.4, 0.5) is 0 Å². The van der Waals surface area contributed by atoms with Gasteiger partial charge < -0.3 is 10.4 Å². The maximum absolute atomic E-state index is 10.8. The Hall–Kier alpha value is -0.280. The zero-order valence-electron chi connectivity index (χ0n) is 12.2. The van der Waals surface area contributed by atoms with Crippen molar-refractivity contribution in [2.45, 2.75) is 64.7 Å². The average molecular weight is 292 g/mol. The van der Waals surface area contributed by atoms with Gasteiger partial charge in [0, 0.05) is 0 Å². The Morgan fingerprint density at radius 2 is 1.74 bits per heavy atom. The average Bonchev–Trinajstić information content (AvgIpc) is 2.38. The van der Waals surface area contributed by atoms with Crippen molar-refractivity contribution in [3.8, 4) is 0 Å². The molecule has 0 aromatic carbocycles. The summed E-state index contributed by atoms with van der Waals surface area (Å²) in [6.45, 7) is 4.45. The first kappa shape index (κ1) is 18.7. The SMILES string of the molecule is CCCCCCCNC[C@H]1CC[C@H](C(=O)O)CC1.Cl. The van der Waals surface area contributed by atoms with Crippen LogP contribution in [-0.2, 0) is 4.79 Å². The van der Waals surface area contributed by atoms with E-state index in [1.165, 1.54) is 32.1 Å². The normalized spacial score (nSPS) is 22.8. The lowest BCUT2D eigenvalue weighted by molar-refractivity contribution is -0.143. The Labute approximate surface area is 124 Å². The minimum absolute atomic E-state index is 0. The van der Waals surface area contributed by atoms with E-state index >= 15 is 0 Å². The molecule has 0 atom stereocenters. The Morgan fingerprint density at radius 1 is 1.11 bits per heavy atom. The number of carboxylic acid groups (broad SMARTS) is 1. The number of carboxylic acids is 1. The summed E-state index contributed by atoms with van der Waals surface area (Å²) >= 11 is 0. The molecule has 1 fully saturated rings. The van der Waals surface area contributed by atoms with Gasteiger partial charge in [-0.2, -0.15) is 0 Å². The van der Waals surface area contributed by atoms with Crippen molar-refractivity contribution in [1.82, 2.24) is 5.32 Å². The van der Waals surface area contributed by atoms with E-state index in [2.05, 4.69) is 12.2 Å². The van der Waals surface area contributed by atoms with Gasteiger partial charge in [-0.1, -0.05) is 32.6 Å². The molecule has 0 aliphatic heterocycles. The zero-order valence-corrected chi connectivity index (χ0v) is 13.0. The van der Waals surface area contributed by atoms with Crippen molar-refractivity contribution in [3.63, 3.8) is 0 Å². The van der Waals surface area contributed by atoms with Gasteiger partial charge in [0.1, 0.15) is 0 Å². The van der Waals surface area contributed by atoms with Crippen molar-refractivity contribution in [3.05, 3.63) is 0 Å². The van der Waals surface area contributed by atoms with Gasteiger partial charge in [-0.15, -0.1) is 12.4 Å². The van der Waals surface area contributed by atoms with Crippen LogP contribution in [0, 0.1) is 11.8 Å². The number of carbonyl (C=O) groups is 1. The van der Waals surface area contributed by atoms with Crippen LogP contribution < -0.4 is 5.32 Å². The van der Waals surface area contributed by atoms with Gasteiger partial charge in [0.2, 0.25) is 0 Å². The maximum atomic E-state index is 10.8. The third-order valence-electron chi connectivity index (χ3n) is 4.09. The van der Waals surface area contributed by atoms with E-state index < -0.39 is 5.97 Å². The van der Waals surface area contributed by atoms with Gasteiger partial charge >= 0.3 is 5.97 Å². The molecule has 1 rings (SSSR count). The van der Waals surface area contributed by atoms with E-state index in [-0.39, 0.29) is 18.3 Å². The van der Waals surface area contributed by atoms with E-state index in [9.17, 15) is 4.79 Å². The van der Waals surface area contributed by atoms with Crippen LogP contribution in [0.1, 0.15) is 64.7 Å². The summed E-state index contributed by atoms with van der Waals surface area (Å²) in [7, 11) is 0. The minimum atomic E-state index is -0.600. The van der Waals surface area contributed by atoms with E-state index in [0.29, 0.717) is 5.92 Å². The molecule has 0 heterocycles. The smallest absolute Gasteiger partial charge is 0.306 e. The molecule has 1 saturated carbocycles. The fraction of sp³-hybridized carbons (Fsp3) is 0.933. The van der Waals surface area contributed by atoms with Crippen LogP contribution in [0.15, 0.2) is 0 Å². The second-order valence-electron chi connectivity index (χ2n) is 5.67. The Kier molecular flexibility index (Phi) is 11.4. The highest BCUT2D eigenvalue weighted by Gasteiger charge is 2.25. The summed E-state index contributed by atoms with van der Waals surface area (Å²) in [5, 5.41) is 12.5. The predicted molar refractivity (Wildman–Crippen MR) is 82.0 cm³/mol. The van der Waals surface area contributed by atoms with Gasteiger partial charge in [0.25, 0.3) is 0 Å². The van der Waals surface area contributed by atoms with Gasteiger partial charge in [0.15, 0.2) is 0 Å². The molecule has 4 heteroatoms. The molecule has 0 aromatic rings. The highest BCUT2D eigenvalue weighted by Crippen LogP contribution is 2.28. The molecule has 0 spiro atoms. The molecule has 0 unspecified atom stereocenters. The highest BCUT2D eigenvalue weighted by atomic mass is 35.5. The van der Waals surface area contributed by atoms with Crippen LogP contribution >= 0.6 is 12.4 Å². The quantitative estimate of drug-likeness (QED) is 0.634. The van der Waals surface area contributed by atoms with Crippen LogP contribution in [0.3, 0.4) is 0 Å². The topological polar surface area (TPSA) is 49.3 Å². The lowest BCUT2D eigenvalue weighted by Crippen LogP contribution is -2.29. The van der Waals surface area contributed by atoms with Crippen LogP contribution in [-0.4, -0.2) is 24.2 Å². The van der Waals surface area contributed by atoms with Gasteiger partial charge in [-0.25, -0.2) is 0 Å². The Balaban J connectivity index is 0.00000324. The standard InChI is InChI=1S/C15H29NO2.ClH/c1-2-3-4-5-6-11-16-12-13-7-9-14(10-8-13)15(17)18;/h13-14,16H,2-12H2,1H3,(H,17,18);1H/t13-,14-;. The Bertz CT molecular complexity index is 228. The number of nitrogens with one attached hydrogen (secondary N) is 1. The molecule has 0 saturated heterocycles. The monoisotopic (exact) mass is 291 g/mol. The van der Waals surface area contributed by atoms with E-state index in [4.69, 9.17) is 5.11 Å². The van der Waals surface area contributed by atoms with Crippen molar-refractivity contribution >= 4 is 18.4 Å². The first-order valence-electron chi connectivity index (χ1n) is 7.67. The second kappa shape index (κ2) is 11.5. The van der Waals surface area contributed by atoms with E-state index in [1.807, 2.05) is 0 Å². The first-order chi connectivity index (χ1) is 8.74. The van der Waals surface area contributed by atoms with Crippen molar-refractivity contribution in [1.29, 1.82) is 0 Å². The summed E-state index contributed by atoms with van der Waals surface area (Å²) < 4.78 is 0.